The molecule has 4 aromatic carbocycles. The van der Waals surface area contributed by atoms with Gasteiger partial charge in [0.1, 0.15) is 36.1 Å². The maximum atomic E-state index is 13.8. The minimum atomic E-state index is -0.719. The number of hydrogen-bond acceptors (Lipinski definition) is 7. The Morgan fingerprint density at radius 1 is 1.04 bits per heavy atom. The van der Waals surface area contributed by atoms with Crippen LogP contribution in [0.2, 0.25) is 5.02 Å². The number of piperidine rings is 2. The lowest BCUT2D eigenvalue weighted by Crippen LogP contribution is -2.45. The SMILES string of the molecule is [C-]#[N+]c1cc(C#N)cc(COc2cc(O[C@H]3CCc4c(-c5cccc(OCCCN6CCC[C@@H](F)C6)c5C)cccc43)c(Cl)cc2CN[C@H]2CCC(=O)NC2)c1. The van der Waals surface area contributed by atoms with Crippen molar-refractivity contribution >= 4 is 23.2 Å². The lowest BCUT2D eigenvalue weighted by molar-refractivity contribution is -0.122. The van der Waals surface area contributed by atoms with E-state index in [1.54, 1.807) is 18.2 Å². The Bertz CT molecular complexity index is 2110. The molecule has 2 saturated heterocycles. The summed E-state index contributed by atoms with van der Waals surface area (Å²) in [5, 5.41) is 16.4. The van der Waals surface area contributed by atoms with Crippen LogP contribution in [-0.2, 0) is 24.4 Å². The maximum absolute atomic E-state index is 13.8. The second-order valence-corrected chi connectivity index (χ2v) is 15.3. The standard InChI is InChI=1S/C45H47ClFN5O4/c1-29-36(8-4-11-41(29)54-18-6-17-52-16-5-7-33(47)27-52)37-9-3-10-39-38(37)13-14-42(39)56-44-23-43(55-28-31-19-30(24-48)20-35(21-31)49-2)32(22-40(44)46)25-50-34-12-15-45(53)51-26-34/h3-4,8-11,19-23,33-34,42,50H,5-7,12-18,25-28H2,1H3,(H,51,53)/t33-,34+,42+/m1/s1. The largest absolute Gasteiger partial charge is 0.493 e. The van der Waals surface area contributed by atoms with Gasteiger partial charge in [-0.3, -0.25) is 4.79 Å². The number of benzene rings is 4. The fourth-order valence-electron chi connectivity index (χ4n) is 8.03. The van der Waals surface area contributed by atoms with E-state index in [0.29, 0.717) is 72.4 Å². The summed E-state index contributed by atoms with van der Waals surface area (Å²) in [6.07, 6.45) is 4.32. The van der Waals surface area contributed by atoms with Gasteiger partial charge in [-0.1, -0.05) is 41.9 Å². The van der Waals surface area contributed by atoms with Crippen LogP contribution in [0.3, 0.4) is 0 Å². The van der Waals surface area contributed by atoms with Gasteiger partial charge in [0.15, 0.2) is 5.69 Å². The lowest BCUT2D eigenvalue weighted by Gasteiger charge is -2.28. The van der Waals surface area contributed by atoms with Crippen LogP contribution in [0.5, 0.6) is 17.2 Å². The van der Waals surface area contributed by atoms with Crippen LogP contribution >= 0.6 is 11.6 Å². The molecule has 11 heteroatoms. The summed E-state index contributed by atoms with van der Waals surface area (Å²) in [6, 6.07) is 23.5. The zero-order chi connectivity index (χ0) is 39.0. The van der Waals surface area contributed by atoms with E-state index in [9.17, 15) is 14.4 Å². The van der Waals surface area contributed by atoms with Crippen molar-refractivity contribution in [1.82, 2.24) is 15.5 Å². The van der Waals surface area contributed by atoms with Crippen molar-refractivity contribution in [2.24, 2.45) is 0 Å². The molecular formula is C45H47ClFN5O4. The Hall–Kier alpha value is -5.13. The molecule has 2 aliphatic heterocycles. The highest BCUT2D eigenvalue weighted by Gasteiger charge is 2.29. The zero-order valence-corrected chi connectivity index (χ0v) is 32.5. The third-order valence-electron chi connectivity index (χ3n) is 11.0. The number of nitrogens with one attached hydrogen (secondary N) is 2. The molecule has 290 valence electrons. The first-order chi connectivity index (χ1) is 27.3. The molecule has 7 rings (SSSR count). The molecule has 0 spiro atoms. The minimum absolute atomic E-state index is 0.0577. The van der Waals surface area contributed by atoms with Crippen molar-refractivity contribution in [2.45, 2.75) is 83.3 Å². The summed E-state index contributed by atoms with van der Waals surface area (Å²) >= 11 is 6.94. The molecule has 0 aromatic heterocycles. The van der Waals surface area contributed by atoms with Crippen molar-refractivity contribution in [1.29, 1.82) is 5.26 Å². The van der Waals surface area contributed by atoms with E-state index >= 15 is 0 Å². The highest BCUT2D eigenvalue weighted by molar-refractivity contribution is 6.32. The van der Waals surface area contributed by atoms with Crippen LogP contribution in [0, 0.1) is 24.8 Å². The highest BCUT2D eigenvalue weighted by atomic mass is 35.5. The molecule has 2 heterocycles. The number of halogens is 2. The summed E-state index contributed by atoms with van der Waals surface area (Å²) in [6.45, 7) is 13.6. The average Bonchev–Trinajstić information content (AvgIpc) is 3.62. The number of alkyl halides is 1. The van der Waals surface area contributed by atoms with Gasteiger partial charge >= 0.3 is 0 Å². The number of rotatable bonds is 14. The number of nitrogens with zero attached hydrogens (tertiary/aromatic N) is 3. The smallest absolute Gasteiger partial charge is 0.220 e. The van der Waals surface area contributed by atoms with Crippen molar-refractivity contribution in [3.05, 3.63) is 117 Å². The van der Waals surface area contributed by atoms with E-state index in [-0.39, 0.29) is 24.7 Å². The van der Waals surface area contributed by atoms with E-state index in [4.69, 9.17) is 32.4 Å². The second-order valence-electron chi connectivity index (χ2n) is 14.9. The number of carbonyl (C=O) groups is 1. The van der Waals surface area contributed by atoms with E-state index in [1.807, 2.05) is 24.3 Å². The minimum Gasteiger partial charge on any atom is -0.493 e. The Morgan fingerprint density at radius 2 is 1.89 bits per heavy atom. The molecule has 1 amide bonds. The van der Waals surface area contributed by atoms with Crippen molar-refractivity contribution in [3.63, 3.8) is 0 Å². The zero-order valence-electron chi connectivity index (χ0n) is 31.7. The van der Waals surface area contributed by atoms with Gasteiger partial charge in [0.2, 0.25) is 5.91 Å². The van der Waals surface area contributed by atoms with Gasteiger partial charge in [-0.2, -0.15) is 5.26 Å². The normalized spacial score (nSPS) is 19.4. The highest BCUT2D eigenvalue weighted by Crippen LogP contribution is 2.44. The Kier molecular flexibility index (Phi) is 12.7. The summed E-state index contributed by atoms with van der Waals surface area (Å²) in [4.78, 5) is 17.4. The molecule has 2 N–H and O–H groups in total. The molecule has 1 aliphatic carbocycles. The summed E-state index contributed by atoms with van der Waals surface area (Å²) in [7, 11) is 0. The molecule has 9 nitrogen and oxygen atoms in total. The van der Waals surface area contributed by atoms with Gasteiger partial charge in [0, 0.05) is 55.8 Å². The van der Waals surface area contributed by atoms with Crippen LogP contribution in [0.15, 0.2) is 66.7 Å². The predicted octanol–water partition coefficient (Wildman–Crippen LogP) is 8.95. The lowest BCUT2D eigenvalue weighted by atomic mass is 9.93. The number of amides is 1. The summed E-state index contributed by atoms with van der Waals surface area (Å²) in [5.41, 5.74) is 8.03. The van der Waals surface area contributed by atoms with Crippen LogP contribution in [0.4, 0.5) is 10.1 Å². The van der Waals surface area contributed by atoms with Gasteiger partial charge in [-0.05, 0) is 116 Å². The Morgan fingerprint density at radius 3 is 2.70 bits per heavy atom. The first-order valence-electron chi connectivity index (χ1n) is 19.5. The molecule has 3 atom stereocenters. The van der Waals surface area contributed by atoms with E-state index < -0.39 is 6.17 Å². The van der Waals surface area contributed by atoms with Crippen LogP contribution in [0.25, 0.3) is 16.0 Å². The monoisotopic (exact) mass is 775 g/mol. The molecule has 0 saturated carbocycles. The molecule has 3 aliphatic rings. The number of nitriles is 1. The third kappa shape index (κ3) is 9.45. The van der Waals surface area contributed by atoms with Crippen LogP contribution in [0.1, 0.15) is 78.0 Å². The van der Waals surface area contributed by atoms with Crippen LogP contribution < -0.4 is 24.8 Å². The predicted molar refractivity (Wildman–Crippen MR) is 215 cm³/mol. The van der Waals surface area contributed by atoms with Gasteiger partial charge in [0.05, 0.1) is 24.3 Å². The molecule has 0 radical (unpaired) electrons. The van der Waals surface area contributed by atoms with Crippen molar-refractivity contribution in [3.8, 4) is 34.4 Å². The number of ether oxygens (including phenoxy) is 3. The third-order valence-corrected chi connectivity index (χ3v) is 11.3. The number of hydrogen-bond donors (Lipinski definition) is 2. The van der Waals surface area contributed by atoms with Gasteiger partial charge < -0.3 is 29.7 Å². The van der Waals surface area contributed by atoms with E-state index in [1.165, 1.54) is 5.56 Å². The van der Waals surface area contributed by atoms with Crippen molar-refractivity contribution < 1.29 is 23.4 Å². The Balaban J connectivity index is 1.08. The van der Waals surface area contributed by atoms with E-state index in [0.717, 1.165) is 78.8 Å². The molecular weight excluding hydrogens is 729 g/mol. The van der Waals surface area contributed by atoms with Crippen molar-refractivity contribution in [2.75, 3.05) is 32.8 Å². The summed E-state index contributed by atoms with van der Waals surface area (Å²) in [5.74, 6) is 2.00. The number of fused-ring (bicyclic) bond motifs is 1. The fraction of sp³-hybridized carbons (Fsp3) is 0.400. The van der Waals surface area contributed by atoms with Crippen LogP contribution in [-0.4, -0.2) is 55.8 Å². The van der Waals surface area contributed by atoms with Gasteiger partial charge in [-0.25, -0.2) is 9.24 Å². The topological polar surface area (TPSA) is 100 Å². The molecule has 56 heavy (non-hydrogen) atoms. The number of likely N-dealkylation sites (tertiary alicyclic amines) is 1. The molecule has 2 fully saturated rings. The molecule has 0 unspecified atom stereocenters. The molecule has 4 aromatic rings. The fourth-order valence-corrected chi connectivity index (χ4v) is 8.26. The Labute approximate surface area is 333 Å². The van der Waals surface area contributed by atoms with Gasteiger partial charge in [0.25, 0.3) is 0 Å². The number of carbonyl (C=O) groups excluding carboxylic acids is 1. The first kappa shape index (κ1) is 39.1. The second kappa shape index (κ2) is 18.2. The quantitative estimate of drug-likeness (QED) is 0.0975. The molecule has 0 bridgehead atoms. The first-order valence-corrected chi connectivity index (χ1v) is 19.9. The summed E-state index contributed by atoms with van der Waals surface area (Å²) < 4.78 is 33.2. The maximum Gasteiger partial charge on any atom is 0.220 e. The van der Waals surface area contributed by atoms with Gasteiger partial charge in [-0.15, -0.1) is 0 Å². The average molecular weight is 776 g/mol. The van der Waals surface area contributed by atoms with E-state index in [2.05, 4.69) is 57.6 Å².